The van der Waals surface area contributed by atoms with Crippen molar-refractivity contribution in [2.75, 3.05) is 6.61 Å². The van der Waals surface area contributed by atoms with E-state index in [0.717, 1.165) is 43.9 Å². The number of benzene rings is 1. The van der Waals surface area contributed by atoms with E-state index in [-0.39, 0.29) is 30.6 Å². The molecule has 1 aliphatic rings. The largest absolute Gasteiger partial charge is 0.396 e. The van der Waals surface area contributed by atoms with Crippen LogP contribution in [0.1, 0.15) is 31.2 Å². The van der Waals surface area contributed by atoms with Gasteiger partial charge in [0.25, 0.3) is 5.69 Å². The molecule has 0 spiro atoms. The lowest BCUT2D eigenvalue weighted by atomic mass is 9.88. The summed E-state index contributed by atoms with van der Waals surface area (Å²) < 4.78 is 18.8. The van der Waals surface area contributed by atoms with Gasteiger partial charge in [0.1, 0.15) is 5.82 Å². The molecule has 0 heterocycles. The molecule has 6 heteroatoms. The molecule has 0 atom stereocenters. The molecule has 110 valence electrons. The molecule has 0 aromatic heterocycles. The molecule has 1 aliphatic carbocycles. The van der Waals surface area contributed by atoms with Crippen molar-refractivity contribution in [3.63, 3.8) is 0 Å². The van der Waals surface area contributed by atoms with E-state index >= 15 is 0 Å². The number of rotatable bonds is 5. The van der Waals surface area contributed by atoms with Crippen LogP contribution in [0.5, 0.6) is 0 Å². The summed E-state index contributed by atoms with van der Waals surface area (Å²) in [7, 11) is 0. The van der Waals surface area contributed by atoms with Gasteiger partial charge in [0.15, 0.2) is 0 Å². The van der Waals surface area contributed by atoms with Gasteiger partial charge in [-0.15, -0.1) is 0 Å². The molecule has 1 fully saturated rings. The highest BCUT2D eigenvalue weighted by atomic mass is 19.1. The van der Waals surface area contributed by atoms with E-state index < -0.39 is 10.7 Å². The number of hydrogen-bond acceptors (Lipinski definition) is 4. The number of nitro benzene ring substituents is 1. The minimum absolute atomic E-state index is 0.0284. The third-order valence-corrected chi connectivity index (χ3v) is 3.76. The van der Waals surface area contributed by atoms with Crippen molar-refractivity contribution in [2.24, 2.45) is 5.92 Å². The lowest BCUT2D eigenvalue weighted by molar-refractivity contribution is -0.386. The third-order valence-electron chi connectivity index (χ3n) is 3.76. The fraction of sp³-hybridized carbons (Fsp3) is 0.571. The molecule has 5 nitrogen and oxygen atoms in total. The van der Waals surface area contributed by atoms with Gasteiger partial charge in [-0.05, 0) is 43.7 Å². The monoisotopic (exact) mass is 283 g/mol. The van der Waals surface area contributed by atoms with Crippen molar-refractivity contribution < 1.29 is 19.2 Å². The molecule has 1 aromatic carbocycles. The van der Waals surface area contributed by atoms with Gasteiger partial charge in [-0.3, -0.25) is 10.1 Å². The number of halogens is 1. The SMILES string of the molecule is O=[N+]([O-])c1ccc(F)cc1COC1CCC(CO)CC1. The van der Waals surface area contributed by atoms with E-state index in [4.69, 9.17) is 9.84 Å². The Labute approximate surface area is 116 Å². The zero-order valence-electron chi connectivity index (χ0n) is 11.1. The lowest BCUT2D eigenvalue weighted by Gasteiger charge is -2.27. The number of ether oxygens (including phenoxy) is 1. The summed E-state index contributed by atoms with van der Waals surface area (Å²) >= 11 is 0. The zero-order chi connectivity index (χ0) is 14.5. The van der Waals surface area contributed by atoms with Crippen molar-refractivity contribution in [3.8, 4) is 0 Å². The van der Waals surface area contributed by atoms with Gasteiger partial charge in [0.2, 0.25) is 0 Å². The number of aliphatic hydroxyl groups excluding tert-OH is 1. The smallest absolute Gasteiger partial charge is 0.275 e. The number of hydrogen-bond donors (Lipinski definition) is 1. The van der Waals surface area contributed by atoms with Gasteiger partial charge >= 0.3 is 0 Å². The average Bonchev–Trinajstić information content (AvgIpc) is 2.45. The van der Waals surface area contributed by atoms with Crippen molar-refractivity contribution in [2.45, 2.75) is 38.4 Å². The predicted molar refractivity (Wildman–Crippen MR) is 70.7 cm³/mol. The fourth-order valence-corrected chi connectivity index (χ4v) is 2.54. The van der Waals surface area contributed by atoms with Crippen LogP contribution in [0.3, 0.4) is 0 Å². The fourth-order valence-electron chi connectivity index (χ4n) is 2.54. The van der Waals surface area contributed by atoms with Crippen LogP contribution in [0.4, 0.5) is 10.1 Å². The van der Waals surface area contributed by atoms with E-state index in [9.17, 15) is 14.5 Å². The molecular formula is C14H18FNO4. The second-order valence-corrected chi connectivity index (χ2v) is 5.17. The van der Waals surface area contributed by atoms with E-state index in [1.807, 2.05) is 0 Å². The topological polar surface area (TPSA) is 72.6 Å². The highest BCUT2D eigenvalue weighted by Gasteiger charge is 2.22. The van der Waals surface area contributed by atoms with Crippen LogP contribution in [0.25, 0.3) is 0 Å². The molecule has 0 unspecified atom stereocenters. The van der Waals surface area contributed by atoms with Crippen LogP contribution < -0.4 is 0 Å². The summed E-state index contributed by atoms with van der Waals surface area (Å²) in [6.07, 6.45) is 3.47. The van der Waals surface area contributed by atoms with E-state index in [1.54, 1.807) is 0 Å². The number of nitrogens with zero attached hydrogens (tertiary/aromatic N) is 1. The summed E-state index contributed by atoms with van der Waals surface area (Å²) in [6, 6.07) is 3.39. The van der Waals surface area contributed by atoms with Gasteiger partial charge < -0.3 is 9.84 Å². The average molecular weight is 283 g/mol. The normalized spacial score (nSPS) is 22.7. The first-order valence-electron chi connectivity index (χ1n) is 6.75. The maximum absolute atomic E-state index is 13.2. The molecule has 2 rings (SSSR count). The first kappa shape index (κ1) is 14.9. The van der Waals surface area contributed by atoms with Crippen LogP contribution in [-0.2, 0) is 11.3 Å². The highest BCUT2D eigenvalue weighted by Crippen LogP contribution is 2.28. The maximum Gasteiger partial charge on any atom is 0.275 e. The van der Waals surface area contributed by atoms with Crippen LogP contribution in [0.15, 0.2) is 18.2 Å². The van der Waals surface area contributed by atoms with Crippen molar-refractivity contribution in [1.82, 2.24) is 0 Å². The molecule has 1 aromatic rings. The van der Waals surface area contributed by atoms with Gasteiger partial charge in [-0.2, -0.15) is 0 Å². The Morgan fingerprint density at radius 1 is 1.35 bits per heavy atom. The molecule has 0 saturated heterocycles. The number of aliphatic hydroxyl groups is 1. The summed E-state index contributed by atoms with van der Waals surface area (Å²) in [4.78, 5) is 10.3. The van der Waals surface area contributed by atoms with Crippen LogP contribution >= 0.6 is 0 Å². The minimum atomic E-state index is -0.527. The van der Waals surface area contributed by atoms with E-state index in [0.29, 0.717) is 5.92 Å². The maximum atomic E-state index is 13.2. The van der Waals surface area contributed by atoms with E-state index in [1.165, 1.54) is 0 Å². The standard InChI is InChI=1S/C14H18FNO4/c15-12-3-6-14(16(18)19)11(7-12)9-20-13-4-1-10(8-17)2-5-13/h3,6-7,10,13,17H,1-2,4-5,8-9H2. The Morgan fingerprint density at radius 3 is 2.65 bits per heavy atom. The van der Waals surface area contributed by atoms with Gasteiger partial charge in [-0.1, -0.05) is 0 Å². The molecular weight excluding hydrogens is 265 g/mol. The van der Waals surface area contributed by atoms with Crippen molar-refractivity contribution in [1.29, 1.82) is 0 Å². The van der Waals surface area contributed by atoms with Gasteiger partial charge in [0, 0.05) is 12.7 Å². The summed E-state index contributed by atoms with van der Waals surface area (Å²) in [5, 5.41) is 19.9. The Morgan fingerprint density at radius 2 is 2.05 bits per heavy atom. The Kier molecular flexibility index (Phi) is 5.03. The number of nitro groups is 1. The molecule has 0 amide bonds. The first-order chi connectivity index (χ1) is 9.60. The van der Waals surface area contributed by atoms with Gasteiger partial charge in [0.05, 0.1) is 23.2 Å². The molecule has 1 saturated carbocycles. The van der Waals surface area contributed by atoms with Crippen molar-refractivity contribution in [3.05, 3.63) is 39.7 Å². The zero-order valence-corrected chi connectivity index (χ0v) is 11.1. The second-order valence-electron chi connectivity index (χ2n) is 5.17. The van der Waals surface area contributed by atoms with E-state index in [2.05, 4.69) is 0 Å². The Balaban J connectivity index is 1.94. The molecule has 20 heavy (non-hydrogen) atoms. The van der Waals surface area contributed by atoms with Crippen LogP contribution in [-0.4, -0.2) is 22.7 Å². The minimum Gasteiger partial charge on any atom is -0.396 e. The third kappa shape index (κ3) is 3.74. The molecule has 1 N–H and O–H groups in total. The summed E-state index contributed by atoms with van der Waals surface area (Å²) in [5.41, 5.74) is 0.148. The first-order valence-corrected chi connectivity index (χ1v) is 6.75. The predicted octanol–water partition coefficient (Wildman–Crippen LogP) is 2.80. The summed E-state index contributed by atoms with van der Waals surface area (Å²) in [6.45, 7) is 0.241. The Bertz CT molecular complexity index is 472. The van der Waals surface area contributed by atoms with Crippen LogP contribution in [0.2, 0.25) is 0 Å². The van der Waals surface area contributed by atoms with Crippen molar-refractivity contribution >= 4 is 5.69 Å². The summed E-state index contributed by atoms with van der Waals surface area (Å²) in [5.74, 6) is -0.170. The van der Waals surface area contributed by atoms with Gasteiger partial charge in [-0.25, -0.2) is 4.39 Å². The Hall–Kier alpha value is -1.53. The molecule has 0 bridgehead atoms. The highest BCUT2D eigenvalue weighted by molar-refractivity contribution is 5.39. The van der Waals surface area contributed by atoms with Crippen LogP contribution in [0, 0.1) is 21.8 Å². The second kappa shape index (κ2) is 6.76. The lowest BCUT2D eigenvalue weighted by Crippen LogP contribution is -2.23. The molecule has 0 radical (unpaired) electrons. The molecule has 0 aliphatic heterocycles. The quantitative estimate of drug-likeness (QED) is 0.666.